The minimum absolute atomic E-state index is 0.00635. The van der Waals surface area contributed by atoms with E-state index in [9.17, 15) is 14.4 Å². The van der Waals surface area contributed by atoms with Crippen LogP contribution in [0.2, 0.25) is 10.0 Å². The van der Waals surface area contributed by atoms with E-state index in [-0.39, 0.29) is 35.7 Å². The van der Waals surface area contributed by atoms with Gasteiger partial charge in [-0.1, -0.05) is 23.2 Å². The lowest BCUT2D eigenvalue weighted by atomic mass is 10.1. The van der Waals surface area contributed by atoms with Crippen LogP contribution in [0.4, 0.5) is 5.69 Å². The Hall–Kier alpha value is -2.57. The molecule has 1 aliphatic rings. The second-order valence-electron chi connectivity index (χ2n) is 6.53. The molecule has 1 heterocycles. The Morgan fingerprint density at radius 1 is 1.14 bits per heavy atom. The van der Waals surface area contributed by atoms with Gasteiger partial charge in [-0.2, -0.15) is 0 Å². The first-order valence-electron chi connectivity index (χ1n) is 9.22. The van der Waals surface area contributed by atoms with Crippen molar-refractivity contribution in [3.8, 4) is 0 Å². The second-order valence-corrected chi connectivity index (χ2v) is 7.37. The molecule has 29 heavy (non-hydrogen) atoms. The number of benzene rings is 2. The molecule has 0 spiro atoms. The van der Waals surface area contributed by atoms with Crippen LogP contribution in [0.3, 0.4) is 0 Å². The summed E-state index contributed by atoms with van der Waals surface area (Å²) in [5.41, 5.74) is 1.19. The molecule has 0 N–H and O–H groups in total. The highest BCUT2D eigenvalue weighted by Gasteiger charge is 2.27. The summed E-state index contributed by atoms with van der Waals surface area (Å²) in [7, 11) is 0. The van der Waals surface area contributed by atoms with Gasteiger partial charge in [-0.25, -0.2) is 4.79 Å². The normalized spacial score (nSPS) is 13.5. The van der Waals surface area contributed by atoms with Gasteiger partial charge in [-0.3, -0.25) is 14.5 Å². The molecule has 0 saturated carbocycles. The Morgan fingerprint density at radius 2 is 1.86 bits per heavy atom. The highest BCUT2D eigenvalue weighted by atomic mass is 35.5. The quantitative estimate of drug-likeness (QED) is 0.631. The number of carbonyl (C=O) groups excluding carboxylic acids is 3. The van der Waals surface area contributed by atoms with Crippen LogP contribution in [-0.4, -0.2) is 42.5 Å². The van der Waals surface area contributed by atoms with Crippen LogP contribution in [0, 0.1) is 0 Å². The van der Waals surface area contributed by atoms with Crippen molar-refractivity contribution in [3.63, 3.8) is 0 Å². The van der Waals surface area contributed by atoms with Gasteiger partial charge < -0.3 is 9.64 Å². The Kier molecular flexibility index (Phi) is 6.77. The molecule has 2 amide bonds. The lowest BCUT2D eigenvalue weighted by Gasteiger charge is -2.28. The van der Waals surface area contributed by atoms with Crippen molar-refractivity contribution >= 4 is 46.7 Å². The molecule has 2 aromatic rings. The van der Waals surface area contributed by atoms with Crippen LogP contribution in [0.25, 0.3) is 0 Å². The van der Waals surface area contributed by atoms with Gasteiger partial charge in [-0.15, -0.1) is 0 Å². The lowest BCUT2D eigenvalue weighted by Crippen LogP contribution is -2.42. The zero-order valence-corrected chi connectivity index (χ0v) is 17.4. The van der Waals surface area contributed by atoms with Crippen molar-refractivity contribution in [1.82, 2.24) is 4.90 Å². The average Bonchev–Trinajstić information content (AvgIpc) is 3.10. The summed E-state index contributed by atoms with van der Waals surface area (Å²) in [5.74, 6) is -0.809. The summed E-state index contributed by atoms with van der Waals surface area (Å²) in [6.45, 7) is 2.68. The van der Waals surface area contributed by atoms with Gasteiger partial charge >= 0.3 is 5.97 Å². The van der Waals surface area contributed by atoms with Crippen LogP contribution in [0.5, 0.6) is 0 Å². The standard InChI is InChI=1S/C21H20Cl2N2O4/c1-2-29-21(28)14-5-8-16(9-6-14)25(13-24-11-3-4-19(24)26)20(27)17-10-7-15(22)12-18(17)23/h5-10,12H,2-4,11,13H2,1H3. The van der Waals surface area contributed by atoms with Crippen molar-refractivity contribution in [2.75, 3.05) is 24.7 Å². The maximum absolute atomic E-state index is 13.3. The van der Waals surface area contributed by atoms with E-state index in [1.807, 2.05) is 0 Å². The number of likely N-dealkylation sites (tertiary alicyclic amines) is 1. The second kappa shape index (κ2) is 9.29. The van der Waals surface area contributed by atoms with Crippen molar-refractivity contribution in [2.45, 2.75) is 19.8 Å². The number of amides is 2. The lowest BCUT2D eigenvalue weighted by molar-refractivity contribution is -0.127. The predicted octanol–water partition coefficient (Wildman–Crippen LogP) is 4.40. The van der Waals surface area contributed by atoms with Gasteiger partial charge in [0.1, 0.15) is 6.67 Å². The van der Waals surface area contributed by atoms with Crippen molar-refractivity contribution in [3.05, 3.63) is 63.6 Å². The maximum atomic E-state index is 13.3. The summed E-state index contributed by atoms with van der Waals surface area (Å²) >= 11 is 12.2. The molecule has 0 radical (unpaired) electrons. The van der Waals surface area contributed by atoms with Crippen LogP contribution < -0.4 is 4.90 Å². The molecule has 0 atom stereocenters. The number of hydrogen-bond donors (Lipinski definition) is 0. The van der Waals surface area contributed by atoms with Crippen LogP contribution in [-0.2, 0) is 9.53 Å². The van der Waals surface area contributed by atoms with E-state index in [1.54, 1.807) is 48.2 Å². The smallest absolute Gasteiger partial charge is 0.338 e. The van der Waals surface area contributed by atoms with Crippen LogP contribution in [0.1, 0.15) is 40.5 Å². The van der Waals surface area contributed by atoms with Gasteiger partial charge in [0.2, 0.25) is 5.91 Å². The minimum Gasteiger partial charge on any atom is -0.462 e. The van der Waals surface area contributed by atoms with E-state index in [4.69, 9.17) is 27.9 Å². The van der Waals surface area contributed by atoms with E-state index < -0.39 is 5.97 Å². The van der Waals surface area contributed by atoms with Crippen LogP contribution >= 0.6 is 23.2 Å². The maximum Gasteiger partial charge on any atom is 0.338 e. The zero-order chi connectivity index (χ0) is 21.0. The van der Waals surface area contributed by atoms with Crippen LogP contribution in [0.15, 0.2) is 42.5 Å². The Labute approximate surface area is 178 Å². The molecule has 0 aromatic heterocycles. The Morgan fingerprint density at radius 3 is 2.45 bits per heavy atom. The monoisotopic (exact) mass is 434 g/mol. The van der Waals surface area contributed by atoms with Gasteiger partial charge in [0.05, 0.1) is 22.8 Å². The fourth-order valence-corrected chi connectivity index (χ4v) is 3.58. The van der Waals surface area contributed by atoms with E-state index in [2.05, 4.69) is 0 Å². The SMILES string of the molecule is CCOC(=O)c1ccc(N(CN2CCCC2=O)C(=O)c2ccc(Cl)cc2Cl)cc1. The molecule has 0 bridgehead atoms. The van der Waals surface area contributed by atoms with E-state index in [0.29, 0.717) is 29.2 Å². The number of esters is 1. The van der Waals surface area contributed by atoms with E-state index >= 15 is 0 Å². The van der Waals surface area contributed by atoms with Crippen molar-refractivity contribution in [2.24, 2.45) is 0 Å². The van der Waals surface area contributed by atoms with E-state index in [0.717, 1.165) is 6.42 Å². The number of hydrogen-bond acceptors (Lipinski definition) is 4. The Balaban J connectivity index is 1.93. The molecule has 1 saturated heterocycles. The fraction of sp³-hybridized carbons (Fsp3) is 0.286. The molecule has 152 valence electrons. The molecule has 0 aliphatic carbocycles. The molecular formula is C21H20Cl2N2O4. The fourth-order valence-electron chi connectivity index (χ4n) is 3.09. The molecule has 8 heteroatoms. The number of anilines is 1. The summed E-state index contributed by atoms with van der Waals surface area (Å²) < 4.78 is 4.99. The summed E-state index contributed by atoms with van der Waals surface area (Å²) in [6.07, 6.45) is 1.22. The molecule has 1 fully saturated rings. The van der Waals surface area contributed by atoms with Gasteiger partial charge in [0.15, 0.2) is 0 Å². The minimum atomic E-state index is -0.438. The first-order chi connectivity index (χ1) is 13.9. The summed E-state index contributed by atoms with van der Waals surface area (Å²) in [6, 6.07) is 11.1. The Bertz CT molecular complexity index is 931. The highest BCUT2D eigenvalue weighted by Crippen LogP contribution is 2.26. The first kappa shape index (κ1) is 21.1. The number of halogens is 2. The predicted molar refractivity (Wildman–Crippen MR) is 111 cm³/mol. The topological polar surface area (TPSA) is 66.9 Å². The van der Waals surface area contributed by atoms with Gasteiger partial charge in [0, 0.05) is 23.7 Å². The van der Waals surface area contributed by atoms with Crippen molar-refractivity contribution in [1.29, 1.82) is 0 Å². The van der Waals surface area contributed by atoms with E-state index in [1.165, 1.54) is 11.0 Å². The number of nitrogens with zero attached hydrogens (tertiary/aromatic N) is 2. The van der Waals surface area contributed by atoms with Gasteiger partial charge in [-0.05, 0) is 55.8 Å². The first-order valence-corrected chi connectivity index (χ1v) is 9.98. The zero-order valence-electron chi connectivity index (χ0n) is 15.9. The number of rotatable bonds is 6. The molecular weight excluding hydrogens is 415 g/mol. The third kappa shape index (κ3) is 4.89. The summed E-state index contributed by atoms with van der Waals surface area (Å²) in [5, 5.41) is 0.648. The highest BCUT2D eigenvalue weighted by molar-refractivity contribution is 6.37. The molecule has 2 aromatic carbocycles. The number of ether oxygens (including phenoxy) is 1. The molecule has 6 nitrogen and oxygen atoms in total. The molecule has 0 unspecified atom stereocenters. The number of carbonyl (C=O) groups is 3. The molecule has 3 rings (SSSR count). The third-order valence-corrected chi connectivity index (χ3v) is 5.13. The molecule has 1 aliphatic heterocycles. The van der Waals surface area contributed by atoms with Crippen molar-refractivity contribution < 1.29 is 19.1 Å². The average molecular weight is 435 g/mol. The van der Waals surface area contributed by atoms with Gasteiger partial charge in [0.25, 0.3) is 5.91 Å². The summed E-state index contributed by atoms with van der Waals surface area (Å²) in [4.78, 5) is 40.4. The third-order valence-electron chi connectivity index (χ3n) is 4.58. The largest absolute Gasteiger partial charge is 0.462 e.